The molecule has 0 heterocycles. The summed E-state index contributed by atoms with van der Waals surface area (Å²) in [5.41, 5.74) is 1.07. The third-order valence-electron chi connectivity index (χ3n) is 3.20. The van der Waals surface area contributed by atoms with E-state index in [-0.39, 0.29) is 12.0 Å². The van der Waals surface area contributed by atoms with Gasteiger partial charge in [0.1, 0.15) is 5.75 Å². The summed E-state index contributed by atoms with van der Waals surface area (Å²) < 4.78 is 5.22. The highest BCUT2D eigenvalue weighted by atomic mass is 35.5. The number of carboxylic acid groups (broad SMARTS) is 2. The lowest BCUT2D eigenvalue weighted by atomic mass is 9.86. The van der Waals surface area contributed by atoms with Crippen molar-refractivity contribution >= 4 is 29.1 Å². The van der Waals surface area contributed by atoms with Crippen molar-refractivity contribution in [3.05, 3.63) is 47.6 Å². The number of alkyl halides is 1. The number of carboxylic acids is 2. The van der Waals surface area contributed by atoms with E-state index in [1.165, 1.54) is 13.2 Å². The molecule has 0 aliphatic heterocycles. The van der Waals surface area contributed by atoms with E-state index < -0.39 is 16.8 Å². The Labute approximate surface area is 126 Å². The number of benzene rings is 1. The standard InChI is InChI=1S/C15H13ClO5/c1-21-12-5-3-2-4-11(12)9-6-10(13(17)18)8-15(16,7-9)14(19)20/h2-5,7-8H,6H2,1H3,(H,17,18)(H,19,20). The topological polar surface area (TPSA) is 83.8 Å². The minimum Gasteiger partial charge on any atom is -0.496 e. The molecule has 110 valence electrons. The van der Waals surface area contributed by atoms with Crippen LogP contribution in [0.25, 0.3) is 5.57 Å². The van der Waals surface area contributed by atoms with Gasteiger partial charge in [-0.1, -0.05) is 29.8 Å². The van der Waals surface area contributed by atoms with E-state index in [9.17, 15) is 14.7 Å². The number of para-hydroxylation sites is 1. The normalized spacial score (nSPS) is 21.2. The zero-order chi connectivity index (χ0) is 15.6. The summed E-state index contributed by atoms with van der Waals surface area (Å²) in [6.07, 6.45) is 2.48. The molecule has 0 amide bonds. The van der Waals surface area contributed by atoms with Gasteiger partial charge in [0.15, 0.2) is 4.87 Å². The molecule has 2 N–H and O–H groups in total. The fourth-order valence-corrected chi connectivity index (χ4v) is 2.46. The number of halogens is 1. The Morgan fingerprint density at radius 3 is 2.48 bits per heavy atom. The van der Waals surface area contributed by atoms with Crippen LogP contribution in [0.2, 0.25) is 0 Å². The molecule has 2 rings (SSSR count). The Morgan fingerprint density at radius 1 is 1.24 bits per heavy atom. The first-order valence-electron chi connectivity index (χ1n) is 6.10. The van der Waals surface area contributed by atoms with Crippen molar-refractivity contribution in [1.29, 1.82) is 0 Å². The Bertz CT molecular complexity index is 662. The van der Waals surface area contributed by atoms with Gasteiger partial charge in [0.25, 0.3) is 0 Å². The van der Waals surface area contributed by atoms with Crippen LogP contribution in [0.15, 0.2) is 42.0 Å². The molecule has 0 spiro atoms. The van der Waals surface area contributed by atoms with E-state index in [0.717, 1.165) is 6.08 Å². The highest BCUT2D eigenvalue weighted by Crippen LogP contribution is 2.38. The lowest BCUT2D eigenvalue weighted by molar-refractivity contribution is -0.137. The van der Waals surface area contributed by atoms with Crippen molar-refractivity contribution in [1.82, 2.24) is 0 Å². The van der Waals surface area contributed by atoms with Gasteiger partial charge in [-0.25, -0.2) is 9.59 Å². The SMILES string of the molecule is COc1ccccc1C1=CC(Cl)(C(=O)O)C=C(C(=O)O)C1. The molecule has 1 aromatic rings. The van der Waals surface area contributed by atoms with E-state index in [4.69, 9.17) is 21.4 Å². The van der Waals surface area contributed by atoms with E-state index in [2.05, 4.69) is 0 Å². The zero-order valence-corrected chi connectivity index (χ0v) is 11.9. The lowest BCUT2D eigenvalue weighted by Gasteiger charge is -2.24. The molecule has 0 saturated carbocycles. The smallest absolute Gasteiger partial charge is 0.332 e. The number of ether oxygens (including phenoxy) is 1. The Hall–Kier alpha value is -2.27. The van der Waals surface area contributed by atoms with E-state index in [1.807, 2.05) is 0 Å². The molecule has 0 radical (unpaired) electrons. The van der Waals surface area contributed by atoms with Gasteiger partial charge in [-0.05, 0) is 23.8 Å². The van der Waals surface area contributed by atoms with Gasteiger partial charge in [0.2, 0.25) is 0 Å². The number of hydrogen-bond donors (Lipinski definition) is 2. The molecular weight excluding hydrogens is 296 g/mol. The second-order valence-electron chi connectivity index (χ2n) is 4.59. The molecule has 1 aliphatic rings. The second kappa shape index (κ2) is 5.61. The molecule has 0 bridgehead atoms. The first-order chi connectivity index (χ1) is 9.87. The van der Waals surface area contributed by atoms with Gasteiger partial charge in [-0.3, -0.25) is 0 Å². The van der Waals surface area contributed by atoms with Crippen LogP contribution in [-0.4, -0.2) is 34.1 Å². The van der Waals surface area contributed by atoms with E-state index in [0.29, 0.717) is 16.9 Å². The first kappa shape index (κ1) is 15.1. The van der Waals surface area contributed by atoms with Gasteiger partial charge in [0.05, 0.1) is 7.11 Å². The maximum absolute atomic E-state index is 11.3. The van der Waals surface area contributed by atoms with Crippen LogP contribution < -0.4 is 4.74 Å². The van der Waals surface area contributed by atoms with Crippen LogP contribution in [-0.2, 0) is 9.59 Å². The summed E-state index contributed by atoms with van der Waals surface area (Å²) in [4.78, 5) is 20.7. The lowest BCUT2D eigenvalue weighted by Crippen LogP contribution is -2.31. The average Bonchev–Trinajstić information content (AvgIpc) is 2.46. The van der Waals surface area contributed by atoms with E-state index >= 15 is 0 Å². The third kappa shape index (κ3) is 2.92. The molecule has 0 fully saturated rings. The van der Waals surface area contributed by atoms with E-state index in [1.54, 1.807) is 24.3 Å². The van der Waals surface area contributed by atoms with Crippen molar-refractivity contribution in [3.8, 4) is 5.75 Å². The molecule has 1 aromatic carbocycles. The fourth-order valence-electron chi connectivity index (χ4n) is 2.20. The van der Waals surface area contributed by atoms with Crippen LogP contribution >= 0.6 is 11.6 Å². The number of carbonyl (C=O) groups is 2. The Kier molecular flexibility index (Phi) is 4.04. The van der Waals surface area contributed by atoms with Crippen LogP contribution in [0.5, 0.6) is 5.75 Å². The molecular formula is C15H13ClO5. The molecule has 5 nitrogen and oxygen atoms in total. The largest absolute Gasteiger partial charge is 0.496 e. The van der Waals surface area contributed by atoms with Gasteiger partial charge in [0, 0.05) is 17.6 Å². The molecule has 0 aromatic heterocycles. The Balaban J connectivity index is 2.56. The van der Waals surface area contributed by atoms with Crippen LogP contribution in [0.4, 0.5) is 0 Å². The molecule has 21 heavy (non-hydrogen) atoms. The number of hydrogen-bond acceptors (Lipinski definition) is 3. The highest BCUT2D eigenvalue weighted by Gasteiger charge is 2.37. The molecule has 1 atom stereocenters. The van der Waals surface area contributed by atoms with Gasteiger partial charge < -0.3 is 14.9 Å². The minimum atomic E-state index is -1.87. The van der Waals surface area contributed by atoms with Crippen molar-refractivity contribution in [2.45, 2.75) is 11.3 Å². The quantitative estimate of drug-likeness (QED) is 0.835. The maximum Gasteiger partial charge on any atom is 0.332 e. The van der Waals surface area contributed by atoms with Gasteiger partial charge in [-0.2, -0.15) is 0 Å². The summed E-state index contributed by atoms with van der Waals surface area (Å²) in [5, 5.41) is 18.4. The zero-order valence-electron chi connectivity index (χ0n) is 11.2. The first-order valence-corrected chi connectivity index (χ1v) is 6.47. The monoisotopic (exact) mass is 308 g/mol. The molecule has 1 aliphatic carbocycles. The van der Waals surface area contributed by atoms with Crippen LogP contribution in [0, 0.1) is 0 Å². The van der Waals surface area contributed by atoms with Crippen molar-refractivity contribution in [2.75, 3.05) is 7.11 Å². The van der Waals surface area contributed by atoms with Crippen molar-refractivity contribution < 1.29 is 24.5 Å². The third-order valence-corrected chi connectivity index (χ3v) is 3.58. The Morgan fingerprint density at radius 2 is 1.90 bits per heavy atom. The summed E-state index contributed by atoms with van der Waals surface area (Å²) in [7, 11) is 1.49. The summed E-state index contributed by atoms with van der Waals surface area (Å²) in [5.74, 6) is -1.99. The number of allylic oxidation sites excluding steroid dienone is 1. The predicted molar refractivity (Wildman–Crippen MR) is 77.5 cm³/mol. The second-order valence-corrected chi connectivity index (χ2v) is 5.22. The van der Waals surface area contributed by atoms with Crippen LogP contribution in [0.3, 0.4) is 0 Å². The number of methoxy groups -OCH3 is 1. The highest BCUT2D eigenvalue weighted by molar-refractivity contribution is 6.38. The maximum atomic E-state index is 11.3. The fraction of sp³-hybridized carbons (Fsp3) is 0.200. The van der Waals surface area contributed by atoms with Crippen molar-refractivity contribution in [2.24, 2.45) is 0 Å². The molecule has 1 unspecified atom stereocenters. The number of aliphatic carboxylic acids is 2. The minimum absolute atomic E-state index is 0.0594. The summed E-state index contributed by atoms with van der Waals surface area (Å²) in [6, 6.07) is 6.97. The molecule has 0 saturated heterocycles. The van der Waals surface area contributed by atoms with Crippen molar-refractivity contribution in [3.63, 3.8) is 0 Å². The summed E-state index contributed by atoms with van der Waals surface area (Å²) >= 11 is 6.03. The van der Waals surface area contributed by atoms with Gasteiger partial charge >= 0.3 is 11.9 Å². The van der Waals surface area contributed by atoms with Crippen LogP contribution in [0.1, 0.15) is 12.0 Å². The number of rotatable bonds is 4. The predicted octanol–water partition coefficient (Wildman–Crippen LogP) is 2.56. The summed E-state index contributed by atoms with van der Waals surface area (Å²) in [6.45, 7) is 0. The average molecular weight is 309 g/mol. The molecule has 6 heteroatoms. The van der Waals surface area contributed by atoms with Gasteiger partial charge in [-0.15, -0.1) is 0 Å².